The molecular weight excluding hydrogens is 331 g/mol. The van der Waals surface area contributed by atoms with Gasteiger partial charge in [0.1, 0.15) is 0 Å². The topological polar surface area (TPSA) is 23.8 Å². The fourth-order valence-electron chi connectivity index (χ4n) is 0.583. The molecule has 0 aliphatic carbocycles. The molecule has 0 saturated heterocycles. The van der Waals surface area contributed by atoms with Crippen molar-refractivity contribution in [3.05, 3.63) is 5.73 Å². The number of hydrogen-bond acceptors (Lipinski definition) is 0. The Morgan fingerprint density at radius 3 is 1.70 bits per heavy atom. The molecule has 1 N–H and O–H groups in total. The third-order valence-corrected chi connectivity index (χ3v) is 1.18. The molecule has 10 heavy (non-hydrogen) atoms. The molecule has 0 aromatic heterocycles. The zero-order valence-electron chi connectivity index (χ0n) is 6.75. The molecule has 1 atom stereocenters. The van der Waals surface area contributed by atoms with Crippen LogP contribution >= 0.6 is 9.19 Å². The van der Waals surface area contributed by atoms with Gasteiger partial charge in [0.05, 0.1) is 0 Å². The Balaban J connectivity index is 0. The third-order valence-electron chi connectivity index (χ3n) is 1.18. The molecule has 0 bridgehead atoms. The maximum atomic E-state index is 7.17. The average molecular weight is 347 g/mol. The molecule has 0 fully saturated rings. The molecule has 0 aromatic rings. The molecule has 68 valence electrons. The van der Waals surface area contributed by atoms with E-state index in [1.54, 1.807) is 20.0 Å². The van der Waals surface area contributed by atoms with Gasteiger partial charge >= 0.3 is 29.2 Å². The molecule has 0 aliphatic heterocycles. The molecule has 1 unspecified atom stereocenters. The zero-order chi connectivity index (χ0) is 8.57. The van der Waals surface area contributed by atoms with Crippen molar-refractivity contribution in [3.63, 3.8) is 0 Å². The Hall–Kier alpha value is 0.990. The van der Waals surface area contributed by atoms with E-state index in [1.165, 1.54) is 6.42 Å². The zero-order valence-corrected chi connectivity index (χ0v) is 9.67. The van der Waals surface area contributed by atoms with Crippen LogP contribution in [0.4, 0.5) is 0 Å². The first kappa shape index (κ1) is 13.6. The van der Waals surface area contributed by atoms with E-state index in [0.717, 1.165) is 12.3 Å². The number of rotatable bonds is 3. The Kier molecular flexibility index (Phi) is 13.6. The number of halogens is 1. The quantitative estimate of drug-likeness (QED) is 0.698. The molecule has 0 spiro atoms. The van der Waals surface area contributed by atoms with Gasteiger partial charge in [-0.3, -0.25) is 0 Å². The van der Waals surface area contributed by atoms with Gasteiger partial charge in [-0.1, -0.05) is 33.6 Å². The van der Waals surface area contributed by atoms with Gasteiger partial charge in [-0.25, -0.2) is 0 Å². The van der Waals surface area contributed by atoms with Crippen LogP contribution in [0.25, 0.3) is 5.73 Å². The van der Waals surface area contributed by atoms with Crippen LogP contribution in [0.1, 0.15) is 33.6 Å². The molecule has 0 aliphatic rings. The second-order valence-electron chi connectivity index (χ2n) is 2.87. The summed E-state index contributed by atoms with van der Waals surface area (Å²) in [6.07, 6.45) is 2.25. The Labute approximate surface area is 80.4 Å². The van der Waals surface area contributed by atoms with Gasteiger partial charge in [0.2, 0.25) is 0 Å². The summed E-state index contributed by atoms with van der Waals surface area (Å²) in [7, 11) is 4.58. The van der Waals surface area contributed by atoms with Crippen molar-refractivity contribution in [2.75, 3.05) is 0 Å². The van der Waals surface area contributed by atoms with E-state index in [0.29, 0.717) is 0 Å². The summed E-state index contributed by atoms with van der Waals surface area (Å²) in [5, 5.41) is 0. The van der Waals surface area contributed by atoms with E-state index < -0.39 is 0 Å². The number of nitrogens with one attached hydrogen (secondary N) is 1. The number of hydrogen-bond donors (Lipinski definition) is 0. The minimum atomic E-state index is 0.136. The second-order valence-corrected chi connectivity index (χ2v) is 2.87. The summed E-state index contributed by atoms with van der Waals surface area (Å²) in [5.74, 6) is 0.766. The Morgan fingerprint density at radius 2 is 1.60 bits per heavy atom. The van der Waals surface area contributed by atoms with Crippen LogP contribution < -0.4 is 0 Å². The van der Waals surface area contributed by atoms with Crippen LogP contribution in [0.15, 0.2) is 0 Å². The summed E-state index contributed by atoms with van der Waals surface area (Å²) < 4.78 is 0. The first-order chi connectivity index (χ1) is 4.63. The molecule has 1 nitrogen and oxygen atoms in total. The van der Waals surface area contributed by atoms with Gasteiger partial charge in [0, 0.05) is 0 Å². The predicted molar refractivity (Wildman–Crippen MR) is 43.7 cm³/mol. The van der Waals surface area contributed by atoms with Gasteiger partial charge in [0.25, 0.3) is 0 Å². The molecule has 0 amide bonds. The summed E-state index contributed by atoms with van der Waals surface area (Å²) in [6, 6.07) is 0.136. The summed E-state index contributed by atoms with van der Waals surface area (Å²) in [5.41, 5.74) is 7.17. The molecule has 0 heterocycles. The second kappa shape index (κ2) is 9.99. The average Bonchev–Trinajstić information content (AvgIpc) is 1.89. The van der Waals surface area contributed by atoms with E-state index in [1.807, 2.05) is 6.92 Å². The van der Waals surface area contributed by atoms with E-state index in [4.69, 9.17) is 5.73 Å². The fourth-order valence-corrected chi connectivity index (χ4v) is 0.583. The first-order valence-corrected chi connectivity index (χ1v) is 6.14. The van der Waals surface area contributed by atoms with Crippen molar-refractivity contribution >= 4 is 9.19 Å². The van der Waals surface area contributed by atoms with Crippen molar-refractivity contribution in [3.8, 4) is 0 Å². The standard InChI is InChI=1S/C7H16N.Au.ClH/c1-6(2)4-5-7(3)8;;/h6-8H,4-5H2,1-3H3;;1H/q-1;+1;/p-1. The van der Waals surface area contributed by atoms with Crippen LogP contribution in [0, 0.1) is 5.92 Å². The monoisotopic (exact) mass is 346 g/mol. The predicted octanol–water partition coefficient (Wildman–Crippen LogP) is 3.55. The van der Waals surface area contributed by atoms with Gasteiger partial charge < -0.3 is 5.73 Å². The fraction of sp³-hybridized carbons (Fsp3) is 1.00. The van der Waals surface area contributed by atoms with Crippen LogP contribution in [0.5, 0.6) is 0 Å². The van der Waals surface area contributed by atoms with E-state index in [9.17, 15) is 0 Å². The van der Waals surface area contributed by atoms with Crippen LogP contribution in [-0.2, 0) is 20.0 Å². The van der Waals surface area contributed by atoms with Gasteiger partial charge in [-0.2, -0.15) is 0 Å². The van der Waals surface area contributed by atoms with Gasteiger partial charge in [-0.05, 0) is 5.92 Å². The SMILES string of the molecule is CC(C)CCC(C)[NH-].[Cl][Au]. The third kappa shape index (κ3) is 16.0. The van der Waals surface area contributed by atoms with Crippen LogP contribution in [0.3, 0.4) is 0 Å². The summed E-state index contributed by atoms with van der Waals surface area (Å²) in [4.78, 5) is 0. The van der Waals surface area contributed by atoms with Crippen LogP contribution in [-0.4, -0.2) is 6.04 Å². The summed E-state index contributed by atoms with van der Waals surface area (Å²) in [6.45, 7) is 6.34. The van der Waals surface area contributed by atoms with E-state index in [-0.39, 0.29) is 6.04 Å². The molecule has 0 radical (unpaired) electrons. The maximum absolute atomic E-state index is 7.17. The van der Waals surface area contributed by atoms with Crippen molar-refractivity contribution in [2.24, 2.45) is 5.92 Å². The van der Waals surface area contributed by atoms with Crippen molar-refractivity contribution < 1.29 is 20.0 Å². The van der Waals surface area contributed by atoms with Crippen molar-refractivity contribution in [2.45, 2.75) is 39.7 Å². The first-order valence-electron chi connectivity index (χ1n) is 3.45. The van der Waals surface area contributed by atoms with Gasteiger partial charge in [0.15, 0.2) is 0 Å². The molecular formula is C7H16AuClN-. The normalized spacial score (nSPS) is 12.4. The van der Waals surface area contributed by atoms with Crippen molar-refractivity contribution in [1.29, 1.82) is 0 Å². The molecule has 0 aromatic carbocycles. The van der Waals surface area contributed by atoms with Gasteiger partial charge in [-0.15, -0.1) is 6.04 Å². The van der Waals surface area contributed by atoms with Crippen molar-refractivity contribution in [1.82, 2.24) is 0 Å². The van der Waals surface area contributed by atoms with E-state index in [2.05, 4.69) is 23.0 Å². The molecule has 0 saturated carbocycles. The Bertz CT molecular complexity index is 49.6. The minimum absolute atomic E-state index is 0.136. The molecule has 3 heteroatoms. The van der Waals surface area contributed by atoms with Crippen LogP contribution in [0.2, 0.25) is 0 Å². The molecule has 0 rings (SSSR count). The van der Waals surface area contributed by atoms with E-state index >= 15 is 0 Å². The Morgan fingerprint density at radius 1 is 1.20 bits per heavy atom. The summed E-state index contributed by atoms with van der Waals surface area (Å²) >= 11 is 1.75.